The Labute approximate surface area is 123 Å². The number of aromatic nitrogens is 1. The quantitative estimate of drug-likeness (QED) is 0.426. The van der Waals surface area contributed by atoms with Crippen molar-refractivity contribution in [3.8, 4) is 0 Å². The van der Waals surface area contributed by atoms with Crippen LogP contribution in [0, 0.1) is 0 Å². The van der Waals surface area contributed by atoms with Crippen LogP contribution >= 0.6 is 23.4 Å². The van der Waals surface area contributed by atoms with Crippen molar-refractivity contribution >= 4 is 34.5 Å². The summed E-state index contributed by atoms with van der Waals surface area (Å²) in [5, 5.41) is 0.721. The lowest BCUT2D eigenvalue weighted by Gasteiger charge is -2.11. The lowest BCUT2D eigenvalue weighted by molar-refractivity contribution is 0.409. The first kappa shape index (κ1) is 14.5. The van der Waals surface area contributed by atoms with E-state index in [-0.39, 0.29) is 5.41 Å². The average molecular weight is 296 g/mol. The molecule has 102 valence electrons. The third kappa shape index (κ3) is 3.15. The van der Waals surface area contributed by atoms with Gasteiger partial charge in [-0.1, -0.05) is 38.4 Å². The Bertz CT molecular complexity index is 598. The summed E-state index contributed by atoms with van der Waals surface area (Å²) in [5.74, 6) is 1.68. The molecule has 19 heavy (non-hydrogen) atoms. The molecule has 0 fully saturated rings. The molecule has 0 amide bonds. The molecule has 0 aliphatic heterocycles. The van der Waals surface area contributed by atoms with Gasteiger partial charge in [-0.15, -0.1) is 18.3 Å². The van der Waals surface area contributed by atoms with Crippen LogP contribution in [0.15, 0.2) is 34.1 Å². The van der Waals surface area contributed by atoms with Crippen molar-refractivity contribution in [2.75, 3.05) is 5.75 Å². The number of rotatable bonds is 4. The summed E-state index contributed by atoms with van der Waals surface area (Å²) < 4.78 is 5.93. The van der Waals surface area contributed by atoms with E-state index >= 15 is 0 Å². The molecule has 2 nitrogen and oxygen atoms in total. The van der Waals surface area contributed by atoms with Crippen LogP contribution in [-0.2, 0) is 5.41 Å². The Hall–Kier alpha value is -0.930. The molecule has 0 saturated carbocycles. The first-order valence-corrected chi connectivity index (χ1v) is 7.63. The molecule has 0 aliphatic rings. The highest BCUT2D eigenvalue weighted by Crippen LogP contribution is 2.37. The molecule has 0 atom stereocenters. The number of halogens is 1. The highest BCUT2D eigenvalue weighted by atomic mass is 35.5. The fraction of sp³-hybridized carbons (Fsp3) is 0.400. The SMILES string of the molecule is C=CCCSc1c(Cl)ccc2nc(C(C)(C)C)oc12. The van der Waals surface area contributed by atoms with Crippen molar-refractivity contribution in [2.24, 2.45) is 0 Å². The van der Waals surface area contributed by atoms with E-state index < -0.39 is 0 Å². The summed E-state index contributed by atoms with van der Waals surface area (Å²) in [7, 11) is 0. The Kier molecular flexibility index (Phi) is 4.26. The maximum Gasteiger partial charge on any atom is 0.200 e. The lowest BCUT2D eigenvalue weighted by atomic mass is 9.97. The molecule has 2 aromatic rings. The molecular formula is C15H18ClNOS. The van der Waals surface area contributed by atoms with Gasteiger partial charge in [0.2, 0.25) is 5.89 Å². The van der Waals surface area contributed by atoms with Crippen LogP contribution in [0.3, 0.4) is 0 Å². The zero-order valence-corrected chi connectivity index (χ0v) is 13.1. The Morgan fingerprint density at radius 2 is 2.16 bits per heavy atom. The number of hydrogen-bond donors (Lipinski definition) is 0. The van der Waals surface area contributed by atoms with Gasteiger partial charge in [-0.2, -0.15) is 0 Å². The van der Waals surface area contributed by atoms with E-state index in [1.165, 1.54) is 0 Å². The minimum Gasteiger partial charge on any atom is -0.439 e. The zero-order valence-electron chi connectivity index (χ0n) is 11.5. The minimum absolute atomic E-state index is 0.103. The first-order valence-electron chi connectivity index (χ1n) is 6.26. The molecule has 0 bridgehead atoms. The van der Waals surface area contributed by atoms with Gasteiger partial charge in [0, 0.05) is 11.2 Å². The second-order valence-corrected chi connectivity index (χ2v) is 6.93. The maximum atomic E-state index is 6.27. The second-order valence-electron chi connectivity index (χ2n) is 5.42. The van der Waals surface area contributed by atoms with Crippen LogP contribution in [-0.4, -0.2) is 10.7 Å². The van der Waals surface area contributed by atoms with Crippen molar-refractivity contribution in [3.63, 3.8) is 0 Å². The molecule has 0 radical (unpaired) electrons. The zero-order chi connectivity index (χ0) is 14.0. The van der Waals surface area contributed by atoms with Gasteiger partial charge in [0.25, 0.3) is 0 Å². The topological polar surface area (TPSA) is 26.0 Å². The molecule has 1 aromatic heterocycles. The number of nitrogens with zero attached hydrogens (tertiary/aromatic N) is 1. The third-order valence-electron chi connectivity index (χ3n) is 2.67. The van der Waals surface area contributed by atoms with Crippen LogP contribution in [0.1, 0.15) is 33.1 Å². The molecule has 4 heteroatoms. The van der Waals surface area contributed by atoms with Crippen molar-refractivity contribution < 1.29 is 4.42 Å². The number of thioether (sulfide) groups is 1. The molecule has 0 unspecified atom stereocenters. The summed E-state index contributed by atoms with van der Waals surface area (Å²) in [6, 6.07) is 3.79. The summed E-state index contributed by atoms with van der Waals surface area (Å²) in [6.07, 6.45) is 2.85. The van der Waals surface area contributed by atoms with Gasteiger partial charge in [-0.25, -0.2) is 4.98 Å². The van der Waals surface area contributed by atoms with Gasteiger partial charge >= 0.3 is 0 Å². The number of fused-ring (bicyclic) bond motifs is 1. The van der Waals surface area contributed by atoms with E-state index in [4.69, 9.17) is 16.0 Å². The standard InChI is InChI=1S/C15H18ClNOS/c1-5-6-9-19-13-10(16)7-8-11-12(13)18-14(17-11)15(2,3)4/h5,7-8H,1,6,9H2,2-4H3. The fourth-order valence-electron chi connectivity index (χ4n) is 1.64. The molecule has 1 heterocycles. The van der Waals surface area contributed by atoms with E-state index in [9.17, 15) is 0 Å². The van der Waals surface area contributed by atoms with Crippen LogP contribution in [0.2, 0.25) is 5.02 Å². The number of hydrogen-bond acceptors (Lipinski definition) is 3. The van der Waals surface area contributed by atoms with E-state index in [0.717, 1.165) is 39.1 Å². The maximum absolute atomic E-state index is 6.27. The van der Waals surface area contributed by atoms with E-state index in [2.05, 4.69) is 32.3 Å². The predicted octanol–water partition coefficient (Wildman–Crippen LogP) is 5.45. The van der Waals surface area contributed by atoms with E-state index in [1.807, 2.05) is 18.2 Å². The Balaban J connectivity index is 2.46. The van der Waals surface area contributed by atoms with Gasteiger partial charge < -0.3 is 4.42 Å². The monoisotopic (exact) mass is 295 g/mol. The largest absolute Gasteiger partial charge is 0.439 e. The Morgan fingerprint density at radius 3 is 2.79 bits per heavy atom. The number of allylic oxidation sites excluding steroid dienone is 1. The smallest absolute Gasteiger partial charge is 0.200 e. The fourth-order valence-corrected chi connectivity index (χ4v) is 2.93. The molecule has 2 rings (SSSR count). The van der Waals surface area contributed by atoms with Gasteiger partial charge in [0.05, 0.1) is 9.92 Å². The average Bonchev–Trinajstić information content (AvgIpc) is 2.76. The molecular weight excluding hydrogens is 278 g/mol. The summed E-state index contributed by atoms with van der Waals surface area (Å²) >= 11 is 7.96. The van der Waals surface area contributed by atoms with Gasteiger partial charge in [0.1, 0.15) is 5.52 Å². The third-order valence-corrected chi connectivity index (χ3v) is 4.23. The summed E-state index contributed by atoms with van der Waals surface area (Å²) in [5.41, 5.74) is 1.57. The minimum atomic E-state index is -0.103. The first-order chi connectivity index (χ1) is 8.93. The second kappa shape index (κ2) is 5.59. The summed E-state index contributed by atoms with van der Waals surface area (Å²) in [4.78, 5) is 5.53. The van der Waals surface area contributed by atoms with Crippen molar-refractivity contribution in [2.45, 2.75) is 37.5 Å². The summed E-state index contributed by atoms with van der Waals surface area (Å²) in [6.45, 7) is 9.99. The molecule has 0 aliphatic carbocycles. The van der Waals surface area contributed by atoms with Gasteiger partial charge in [-0.3, -0.25) is 0 Å². The molecule has 0 saturated heterocycles. The van der Waals surface area contributed by atoms with Gasteiger partial charge in [0.15, 0.2) is 5.58 Å². The molecule has 0 spiro atoms. The number of benzene rings is 1. The number of oxazole rings is 1. The normalized spacial score (nSPS) is 12.0. The highest BCUT2D eigenvalue weighted by molar-refractivity contribution is 7.99. The van der Waals surface area contributed by atoms with Crippen LogP contribution in [0.4, 0.5) is 0 Å². The Morgan fingerprint density at radius 1 is 1.42 bits per heavy atom. The van der Waals surface area contributed by atoms with Crippen LogP contribution < -0.4 is 0 Å². The van der Waals surface area contributed by atoms with Gasteiger partial charge in [-0.05, 0) is 18.6 Å². The van der Waals surface area contributed by atoms with Crippen molar-refractivity contribution in [1.82, 2.24) is 4.98 Å². The van der Waals surface area contributed by atoms with Crippen LogP contribution in [0.5, 0.6) is 0 Å². The highest BCUT2D eigenvalue weighted by Gasteiger charge is 2.22. The van der Waals surface area contributed by atoms with Crippen molar-refractivity contribution in [1.29, 1.82) is 0 Å². The van der Waals surface area contributed by atoms with Crippen LogP contribution in [0.25, 0.3) is 11.1 Å². The molecule has 0 N–H and O–H groups in total. The van der Waals surface area contributed by atoms with Crippen molar-refractivity contribution in [3.05, 3.63) is 35.7 Å². The van der Waals surface area contributed by atoms with E-state index in [1.54, 1.807) is 11.8 Å². The molecule has 1 aromatic carbocycles. The predicted molar refractivity (Wildman–Crippen MR) is 83.3 cm³/mol. The lowest BCUT2D eigenvalue weighted by Crippen LogP contribution is -2.10. The van der Waals surface area contributed by atoms with E-state index in [0.29, 0.717) is 0 Å².